The largest absolute Gasteiger partial charge is 0.480 e. The maximum Gasteiger partial charge on any atom is 0.323 e. The van der Waals surface area contributed by atoms with Crippen molar-refractivity contribution in [2.75, 3.05) is 19.3 Å². The Kier molecular flexibility index (Phi) is 6.27. The van der Waals surface area contributed by atoms with E-state index in [-0.39, 0.29) is 18.3 Å². The molecule has 0 heterocycles. The van der Waals surface area contributed by atoms with Gasteiger partial charge in [0.25, 0.3) is 0 Å². The smallest absolute Gasteiger partial charge is 0.323 e. The first-order valence-electron chi connectivity index (χ1n) is 4.21. The van der Waals surface area contributed by atoms with Gasteiger partial charge in [-0.1, -0.05) is 0 Å². The Morgan fingerprint density at radius 1 is 1.50 bits per heavy atom. The van der Waals surface area contributed by atoms with Gasteiger partial charge in [-0.3, -0.25) is 9.59 Å². The van der Waals surface area contributed by atoms with Crippen LogP contribution in [0.25, 0.3) is 0 Å². The van der Waals surface area contributed by atoms with E-state index in [4.69, 9.17) is 21.7 Å². The number of likely N-dealkylation sites (N-methyl/N-ethyl adjacent to an activating group) is 1. The summed E-state index contributed by atoms with van der Waals surface area (Å²) in [6.45, 7) is -0.277. The molecule has 0 aromatic carbocycles. The van der Waals surface area contributed by atoms with Crippen LogP contribution in [0.5, 0.6) is 0 Å². The Balaban J connectivity index is 4.04. The molecule has 0 aliphatic rings. The molecule has 0 aliphatic carbocycles. The molecule has 0 saturated carbocycles. The highest BCUT2D eigenvalue weighted by molar-refractivity contribution is 7.98. The molecule has 0 saturated heterocycles. The van der Waals surface area contributed by atoms with Gasteiger partial charge in [0.1, 0.15) is 12.6 Å². The minimum Gasteiger partial charge on any atom is -0.480 e. The van der Waals surface area contributed by atoms with Gasteiger partial charge in [-0.05, 0) is 11.9 Å². The zero-order chi connectivity index (χ0) is 12.7. The van der Waals surface area contributed by atoms with Crippen molar-refractivity contribution in [2.24, 2.45) is 15.9 Å². The number of hydrogen-bond acceptors (Lipinski definition) is 5. The molecule has 8 nitrogen and oxygen atoms in total. The van der Waals surface area contributed by atoms with E-state index < -0.39 is 18.0 Å². The molecule has 92 valence electrons. The first kappa shape index (κ1) is 14.5. The number of guanidine groups is 1. The Hall–Kier alpha value is -1.48. The fourth-order valence-electron chi connectivity index (χ4n) is 0.609. The molecule has 0 spiro atoms. The molecule has 16 heavy (non-hydrogen) atoms. The molecule has 0 radical (unpaired) electrons. The molecular formula is C7H14N4O4S. The van der Waals surface area contributed by atoms with Gasteiger partial charge < -0.3 is 26.6 Å². The number of carbonyl (C=O) groups is 2. The standard InChI is InChI=1S/C7H14N4O4S/c1-11(2-5(12)13)7(9)10-16-3-4(8)6(14)15/h4H,2-3,8H2,1H3,(H2,9,10)(H,12,13)(H,14,15). The second-order valence-corrected chi connectivity index (χ2v) is 3.71. The SMILES string of the molecule is CN(CC(=O)O)C(N)=NSCC(N)C(=O)O. The summed E-state index contributed by atoms with van der Waals surface area (Å²) in [5.41, 5.74) is 10.7. The first-order valence-corrected chi connectivity index (χ1v) is 5.15. The van der Waals surface area contributed by atoms with Crippen molar-refractivity contribution >= 4 is 29.8 Å². The van der Waals surface area contributed by atoms with Crippen molar-refractivity contribution in [3.63, 3.8) is 0 Å². The minimum atomic E-state index is -1.12. The maximum absolute atomic E-state index is 10.3. The lowest BCUT2D eigenvalue weighted by Gasteiger charge is -2.14. The van der Waals surface area contributed by atoms with Crippen molar-refractivity contribution < 1.29 is 19.8 Å². The quantitative estimate of drug-likeness (QED) is 0.250. The summed E-state index contributed by atoms with van der Waals surface area (Å²) in [6, 6.07) is -1.02. The zero-order valence-electron chi connectivity index (χ0n) is 8.66. The average Bonchev–Trinajstić information content (AvgIpc) is 2.15. The Morgan fingerprint density at radius 3 is 2.50 bits per heavy atom. The normalized spacial score (nSPS) is 13.2. The van der Waals surface area contributed by atoms with Crippen LogP contribution in [0.4, 0.5) is 0 Å². The second-order valence-electron chi connectivity index (χ2n) is 2.94. The van der Waals surface area contributed by atoms with Crippen molar-refractivity contribution in [1.82, 2.24) is 4.90 Å². The molecule has 9 heteroatoms. The lowest BCUT2D eigenvalue weighted by molar-refractivity contribution is -0.138. The van der Waals surface area contributed by atoms with Crippen LogP contribution < -0.4 is 11.5 Å². The van der Waals surface area contributed by atoms with Gasteiger partial charge in [-0.25, -0.2) is 0 Å². The Bertz CT molecular complexity index is 296. The number of carboxylic acids is 2. The molecular weight excluding hydrogens is 236 g/mol. The van der Waals surface area contributed by atoms with E-state index in [1.54, 1.807) is 0 Å². The summed E-state index contributed by atoms with van der Waals surface area (Å²) in [4.78, 5) is 21.9. The van der Waals surface area contributed by atoms with E-state index in [2.05, 4.69) is 4.40 Å². The third-order valence-corrected chi connectivity index (χ3v) is 2.32. The number of aliphatic carboxylic acids is 2. The molecule has 0 aromatic rings. The van der Waals surface area contributed by atoms with E-state index >= 15 is 0 Å². The van der Waals surface area contributed by atoms with E-state index in [1.165, 1.54) is 11.9 Å². The van der Waals surface area contributed by atoms with Crippen LogP contribution >= 0.6 is 11.9 Å². The van der Waals surface area contributed by atoms with Crippen molar-refractivity contribution in [3.8, 4) is 0 Å². The highest BCUT2D eigenvalue weighted by Gasteiger charge is 2.11. The molecule has 1 unspecified atom stereocenters. The summed E-state index contributed by atoms with van der Waals surface area (Å²) in [6.07, 6.45) is 0. The van der Waals surface area contributed by atoms with Gasteiger partial charge in [0.2, 0.25) is 5.96 Å². The van der Waals surface area contributed by atoms with Crippen molar-refractivity contribution in [1.29, 1.82) is 0 Å². The average molecular weight is 250 g/mol. The third-order valence-electron chi connectivity index (χ3n) is 1.49. The lowest BCUT2D eigenvalue weighted by Crippen LogP contribution is -2.37. The van der Waals surface area contributed by atoms with Gasteiger partial charge in [-0.2, -0.15) is 4.40 Å². The van der Waals surface area contributed by atoms with E-state index in [0.717, 1.165) is 11.9 Å². The number of hydrogen-bond donors (Lipinski definition) is 4. The molecule has 0 rings (SSSR count). The monoisotopic (exact) mass is 250 g/mol. The number of nitrogens with zero attached hydrogens (tertiary/aromatic N) is 2. The fourth-order valence-corrected chi connectivity index (χ4v) is 1.26. The maximum atomic E-state index is 10.3. The summed E-state index contributed by atoms with van der Waals surface area (Å²) in [5, 5.41) is 16.9. The summed E-state index contributed by atoms with van der Waals surface area (Å²) in [5.74, 6) is -2.09. The van der Waals surface area contributed by atoms with Crippen LogP contribution in [-0.2, 0) is 9.59 Å². The number of rotatable bonds is 6. The molecule has 0 aromatic heterocycles. The van der Waals surface area contributed by atoms with Crippen LogP contribution in [0.1, 0.15) is 0 Å². The highest BCUT2D eigenvalue weighted by atomic mass is 32.2. The molecule has 0 amide bonds. The highest BCUT2D eigenvalue weighted by Crippen LogP contribution is 2.04. The van der Waals surface area contributed by atoms with Crippen LogP contribution in [0.15, 0.2) is 4.40 Å². The van der Waals surface area contributed by atoms with E-state index in [9.17, 15) is 9.59 Å². The number of nitrogens with two attached hydrogens (primary N) is 2. The van der Waals surface area contributed by atoms with Crippen molar-refractivity contribution in [3.05, 3.63) is 0 Å². The summed E-state index contributed by atoms with van der Waals surface area (Å²) in [7, 11) is 1.46. The molecule has 0 aliphatic heterocycles. The van der Waals surface area contributed by atoms with Crippen molar-refractivity contribution in [2.45, 2.75) is 6.04 Å². The van der Waals surface area contributed by atoms with Gasteiger partial charge >= 0.3 is 11.9 Å². The van der Waals surface area contributed by atoms with Crippen LogP contribution in [0.3, 0.4) is 0 Å². The van der Waals surface area contributed by atoms with Crippen LogP contribution in [0, 0.1) is 0 Å². The van der Waals surface area contributed by atoms with Gasteiger partial charge in [0, 0.05) is 12.8 Å². The van der Waals surface area contributed by atoms with Gasteiger partial charge in [0.15, 0.2) is 0 Å². The topological polar surface area (TPSA) is 142 Å². The molecule has 0 fully saturated rings. The predicted octanol–water partition coefficient (Wildman–Crippen LogP) is -1.62. The first-order chi connectivity index (χ1) is 7.34. The predicted molar refractivity (Wildman–Crippen MR) is 60.0 cm³/mol. The van der Waals surface area contributed by atoms with Gasteiger partial charge in [-0.15, -0.1) is 0 Å². The third kappa shape index (κ3) is 6.09. The lowest BCUT2D eigenvalue weighted by atomic mass is 10.4. The summed E-state index contributed by atoms with van der Waals surface area (Å²) < 4.78 is 3.73. The van der Waals surface area contributed by atoms with Crippen LogP contribution in [0.2, 0.25) is 0 Å². The Labute approximate surface area is 96.4 Å². The zero-order valence-corrected chi connectivity index (χ0v) is 9.48. The molecule has 6 N–H and O–H groups in total. The molecule has 1 atom stereocenters. The molecule has 0 bridgehead atoms. The van der Waals surface area contributed by atoms with Crippen LogP contribution in [-0.4, -0.2) is 58.4 Å². The Morgan fingerprint density at radius 2 is 2.06 bits per heavy atom. The number of carboxylic acid groups (broad SMARTS) is 2. The summed E-state index contributed by atoms with van der Waals surface area (Å²) >= 11 is 0.876. The minimum absolute atomic E-state index is 0.00462. The fraction of sp³-hybridized carbons (Fsp3) is 0.571. The van der Waals surface area contributed by atoms with Gasteiger partial charge in [0.05, 0.1) is 0 Å². The second kappa shape index (κ2) is 6.90. The van der Waals surface area contributed by atoms with E-state index in [1.807, 2.05) is 0 Å². The van der Waals surface area contributed by atoms with E-state index in [0.29, 0.717) is 0 Å².